The van der Waals surface area contributed by atoms with Gasteiger partial charge in [-0.05, 0) is 19.1 Å². The minimum atomic E-state index is -0.370. The van der Waals surface area contributed by atoms with Crippen LogP contribution in [0.5, 0.6) is 0 Å². The molecule has 17 heavy (non-hydrogen) atoms. The number of nitrogens with zero attached hydrogens (tertiary/aromatic N) is 1. The number of ether oxygens (including phenoxy) is 1. The Labute approximate surface area is 100 Å². The maximum Gasteiger partial charge on any atom is 0.179 e. The Bertz CT molecular complexity index is 402. The van der Waals surface area contributed by atoms with Gasteiger partial charge in [0.05, 0.1) is 19.3 Å². The lowest BCUT2D eigenvalue weighted by molar-refractivity contribution is 0.0208. The van der Waals surface area contributed by atoms with Crippen molar-refractivity contribution in [2.24, 2.45) is 0 Å². The predicted octanol–water partition coefficient (Wildman–Crippen LogP) is 1.73. The fourth-order valence-electron chi connectivity index (χ4n) is 2.01. The number of hydrogen-bond donors (Lipinski definition) is 0. The van der Waals surface area contributed by atoms with Crippen molar-refractivity contribution in [2.45, 2.75) is 13.0 Å². The third kappa shape index (κ3) is 2.90. The summed E-state index contributed by atoms with van der Waals surface area (Å²) in [6, 6.07) is 5.63. The van der Waals surface area contributed by atoms with Crippen LogP contribution < -0.4 is 0 Å². The molecule has 2 rings (SSSR count). The van der Waals surface area contributed by atoms with Crippen LogP contribution in [0.4, 0.5) is 4.39 Å². The first kappa shape index (κ1) is 12.2. The van der Waals surface area contributed by atoms with Gasteiger partial charge in [-0.2, -0.15) is 0 Å². The summed E-state index contributed by atoms with van der Waals surface area (Å²) in [5.74, 6) is -0.406. The van der Waals surface area contributed by atoms with Gasteiger partial charge < -0.3 is 4.74 Å². The average molecular weight is 237 g/mol. The van der Waals surface area contributed by atoms with Crippen molar-refractivity contribution in [3.8, 4) is 0 Å². The first-order valence-electron chi connectivity index (χ1n) is 5.80. The van der Waals surface area contributed by atoms with E-state index in [-0.39, 0.29) is 17.6 Å². The van der Waals surface area contributed by atoms with E-state index in [0.717, 1.165) is 13.1 Å². The van der Waals surface area contributed by atoms with Crippen LogP contribution in [0.1, 0.15) is 17.3 Å². The van der Waals surface area contributed by atoms with Gasteiger partial charge in [0, 0.05) is 18.7 Å². The van der Waals surface area contributed by atoms with E-state index in [1.54, 1.807) is 12.1 Å². The van der Waals surface area contributed by atoms with Crippen LogP contribution in [0.2, 0.25) is 0 Å². The molecule has 1 aliphatic heterocycles. The van der Waals surface area contributed by atoms with E-state index < -0.39 is 0 Å². The fraction of sp³-hybridized carbons (Fsp3) is 0.462. The Kier molecular flexibility index (Phi) is 3.86. The zero-order chi connectivity index (χ0) is 12.3. The smallest absolute Gasteiger partial charge is 0.179 e. The molecule has 92 valence electrons. The maximum atomic E-state index is 13.0. The molecule has 1 aromatic carbocycles. The Hall–Kier alpha value is -1.26. The van der Waals surface area contributed by atoms with E-state index in [9.17, 15) is 9.18 Å². The van der Waals surface area contributed by atoms with Crippen molar-refractivity contribution in [1.29, 1.82) is 0 Å². The summed E-state index contributed by atoms with van der Waals surface area (Å²) in [6.45, 7) is 4.67. The number of ketones is 1. The summed E-state index contributed by atoms with van der Waals surface area (Å²) in [5, 5.41) is 0. The minimum absolute atomic E-state index is 0.0357. The van der Waals surface area contributed by atoms with Crippen LogP contribution in [0.25, 0.3) is 0 Å². The largest absolute Gasteiger partial charge is 0.379 e. The number of carbonyl (C=O) groups excluding carboxylic acids is 1. The number of morpholine rings is 1. The van der Waals surface area contributed by atoms with Crippen LogP contribution in [-0.4, -0.2) is 43.0 Å². The molecule has 0 aromatic heterocycles. The van der Waals surface area contributed by atoms with Gasteiger partial charge in [0.2, 0.25) is 0 Å². The molecule has 1 atom stereocenters. The van der Waals surface area contributed by atoms with E-state index in [0.29, 0.717) is 18.8 Å². The lowest BCUT2D eigenvalue weighted by Gasteiger charge is -2.31. The molecule has 0 aliphatic carbocycles. The summed E-state index contributed by atoms with van der Waals surface area (Å²) in [6.07, 6.45) is 0. The number of hydrogen-bond acceptors (Lipinski definition) is 3. The van der Waals surface area contributed by atoms with Crippen molar-refractivity contribution in [1.82, 2.24) is 4.90 Å². The summed E-state index contributed by atoms with van der Waals surface area (Å²) < 4.78 is 18.3. The fourth-order valence-corrected chi connectivity index (χ4v) is 2.01. The Morgan fingerprint density at radius 3 is 2.76 bits per heavy atom. The molecule has 1 aliphatic rings. The molecule has 3 nitrogen and oxygen atoms in total. The molecule has 0 amide bonds. The molecular weight excluding hydrogens is 221 g/mol. The van der Waals surface area contributed by atoms with Crippen LogP contribution in [-0.2, 0) is 4.74 Å². The van der Waals surface area contributed by atoms with Crippen LogP contribution >= 0.6 is 0 Å². The molecule has 1 saturated heterocycles. The third-order valence-corrected chi connectivity index (χ3v) is 3.08. The SMILES string of the molecule is CC(C(=O)c1cccc(F)c1)N1CCOCC1. The molecule has 0 radical (unpaired) electrons. The number of carbonyl (C=O) groups is 1. The second kappa shape index (κ2) is 5.38. The van der Waals surface area contributed by atoms with Gasteiger partial charge in [0.25, 0.3) is 0 Å². The molecule has 1 unspecified atom stereocenters. The van der Waals surface area contributed by atoms with E-state index >= 15 is 0 Å². The quantitative estimate of drug-likeness (QED) is 0.750. The Balaban J connectivity index is 2.08. The zero-order valence-corrected chi connectivity index (χ0v) is 9.86. The average Bonchev–Trinajstić information content (AvgIpc) is 2.38. The highest BCUT2D eigenvalue weighted by molar-refractivity contribution is 5.99. The summed E-state index contributed by atoms with van der Waals surface area (Å²) in [7, 11) is 0. The minimum Gasteiger partial charge on any atom is -0.379 e. The van der Waals surface area contributed by atoms with Crippen LogP contribution in [0.15, 0.2) is 24.3 Å². The van der Waals surface area contributed by atoms with Gasteiger partial charge in [0.15, 0.2) is 5.78 Å². The van der Waals surface area contributed by atoms with E-state index in [1.165, 1.54) is 12.1 Å². The zero-order valence-electron chi connectivity index (χ0n) is 9.86. The van der Waals surface area contributed by atoms with E-state index in [4.69, 9.17) is 4.74 Å². The van der Waals surface area contributed by atoms with Gasteiger partial charge >= 0.3 is 0 Å². The van der Waals surface area contributed by atoms with Gasteiger partial charge in [-0.25, -0.2) is 4.39 Å². The number of benzene rings is 1. The van der Waals surface area contributed by atoms with Crippen molar-refractivity contribution >= 4 is 5.78 Å². The molecule has 0 N–H and O–H groups in total. The first-order chi connectivity index (χ1) is 8.18. The molecule has 4 heteroatoms. The Morgan fingerprint density at radius 1 is 1.41 bits per heavy atom. The monoisotopic (exact) mass is 237 g/mol. The van der Waals surface area contributed by atoms with Gasteiger partial charge in [-0.1, -0.05) is 12.1 Å². The number of Topliss-reactive ketones (excluding diaryl/α,β-unsaturated/α-hetero) is 1. The molecule has 0 spiro atoms. The summed E-state index contributed by atoms with van der Waals surface area (Å²) in [5.41, 5.74) is 0.434. The van der Waals surface area contributed by atoms with Gasteiger partial charge in [0.1, 0.15) is 5.82 Å². The number of rotatable bonds is 3. The summed E-state index contributed by atoms with van der Waals surface area (Å²) >= 11 is 0. The molecule has 1 heterocycles. The lowest BCUT2D eigenvalue weighted by Crippen LogP contribution is -2.45. The third-order valence-electron chi connectivity index (χ3n) is 3.08. The first-order valence-corrected chi connectivity index (χ1v) is 5.80. The van der Waals surface area contributed by atoms with Crippen molar-refractivity contribution in [3.05, 3.63) is 35.6 Å². The van der Waals surface area contributed by atoms with Crippen molar-refractivity contribution < 1.29 is 13.9 Å². The second-order valence-corrected chi connectivity index (χ2v) is 4.20. The highest BCUT2D eigenvalue weighted by Crippen LogP contribution is 2.12. The highest BCUT2D eigenvalue weighted by Gasteiger charge is 2.24. The van der Waals surface area contributed by atoms with Crippen molar-refractivity contribution in [3.63, 3.8) is 0 Å². The van der Waals surface area contributed by atoms with E-state index in [2.05, 4.69) is 4.90 Å². The molecular formula is C13H16FNO2. The van der Waals surface area contributed by atoms with Crippen LogP contribution in [0, 0.1) is 5.82 Å². The van der Waals surface area contributed by atoms with Gasteiger partial charge in [-0.15, -0.1) is 0 Å². The van der Waals surface area contributed by atoms with Gasteiger partial charge in [-0.3, -0.25) is 9.69 Å². The molecule has 0 bridgehead atoms. The molecule has 0 saturated carbocycles. The normalized spacial score (nSPS) is 18.9. The van der Waals surface area contributed by atoms with E-state index in [1.807, 2.05) is 6.92 Å². The van der Waals surface area contributed by atoms with Crippen molar-refractivity contribution in [2.75, 3.05) is 26.3 Å². The molecule has 1 fully saturated rings. The maximum absolute atomic E-state index is 13.0. The second-order valence-electron chi connectivity index (χ2n) is 4.20. The lowest BCUT2D eigenvalue weighted by atomic mass is 10.0. The standard InChI is InChI=1S/C13H16FNO2/c1-10(15-5-7-17-8-6-15)13(16)11-3-2-4-12(14)9-11/h2-4,9-10H,5-8H2,1H3. The number of halogens is 1. The van der Waals surface area contributed by atoms with Crippen LogP contribution in [0.3, 0.4) is 0 Å². The molecule has 1 aromatic rings. The topological polar surface area (TPSA) is 29.5 Å². The predicted molar refractivity (Wildman–Crippen MR) is 62.6 cm³/mol. The summed E-state index contributed by atoms with van der Waals surface area (Å²) in [4.78, 5) is 14.2. The highest BCUT2D eigenvalue weighted by atomic mass is 19.1. The Morgan fingerprint density at radius 2 is 2.12 bits per heavy atom.